The van der Waals surface area contributed by atoms with E-state index in [2.05, 4.69) is 34.3 Å². The molecule has 21 heavy (non-hydrogen) atoms. The Labute approximate surface area is 126 Å². The molecular weight excluding hydrogens is 262 g/mol. The SMILES string of the molecule is CCC(Nc1cnccc1N(C)C)c1ccc(OC)cc1. The number of ether oxygens (including phenoxy) is 1. The first-order valence-corrected chi connectivity index (χ1v) is 7.17. The Hall–Kier alpha value is -2.23. The van der Waals surface area contributed by atoms with Gasteiger partial charge in [0, 0.05) is 20.3 Å². The number of nitrogens with zero attached hydrogens (tertiary/aromatic N) is 2. The third-order valence-electron chi connectivity index (χ3n) is 3.54. The number of pyridine rings is 1. The van der Waals surface area contributed by atoms with E-state index >= 15 is 0 Å². The van der Waals surface area contributed by atoms with Gasteiger partial charge in [0.2, 0.25) is 0 Å². The first-order chi connectivity index (χ1) is 10.2. The van der Waals surface area contributed by atoms with Crippen LogP contribution in [-0.2, 0) is 0 Å². The van der Waals surface area contributed by atoms with Crippen molar-refractivity contribution < 1.29 is 4.74 Å². The van der Waals surface area contributed by atoms with Crippen LogP contribution in [0.3, 0.4) is 0 Å². The average molecular weight is 285 g/mol. The summed E-state index contributed by atoms with van der Waals surface area (Å²) < 4.78 is 5.21. The molecule has 4 heteroatoms. The summed E-state index contributed by atoms with van der Waals surface area (Å²) in [6.45, 7) is 2.17. The average Bonchev–Trinajstić information content (AvgIpc) is 2.53. The van der Waals surface area contributed by atoms with Crippen molar-refractivity contribution in [3.63, 3.8) is 0 Å². The molecule has 1 unspecified atom stereocenters. The normalized spacial score (nSPS) is 11.8. The van der Waals surface area contributed by atoms with Crippen LogP contribution in [0.15, 0.2) is 42.7 Å². The van der Waals surface area contributed by atoms with E-state index in [1.54, 1.807) is 7.11 Å². The minimum absolute atomic E-state index is 0.249. The Morgan fingerprint density at radius 1 is 1.19 bits per heavy atom. The van der Waals surface area contributed by atoms with Crippen molar-refractivity contribution in [2.24, 2.45) is 0 Å². The van der Waals surface area contributed by atoms with E-state index in [0.717, 1.165) is 23.5 Å². The minimum Gasteiger partial charge on any atom is -0.497 e. The smallest absolute Gasteiger partial charge is 0.118 e. The van der Waals surface area contributed by atoms with E-state index in [0.29, 0.717) is 0 Å². The molecule has 2 aromatic rings. The zero-order valence-electron chi connectivity index (χ0n) is 13.1. The van der Waals surface area contributed by atoms with Crippen LogP contribution in [-0.4, -0.2) is 26.2 Å². The molecule has 1 aromatic heterocycles. The van der Waals surface area contributed by atoms with Crippen LogP contribution in [0.25, 0.3) is 0 Å². The summed E-state index contributed by atoms with van der Waals surface area (Å²) in [6, 6.07) is 10.5. The van der Waals surface area contributed by atoms with Crippen molar-refractivity contribution in [1.29, 1.82) is 0 Å². The zero-order chi connectivity index (χ0) is 15.2. The Bertz CT molecular complexity index is 567. The summed E-state index contributed by atoms with van der Waals surface area (Å²) in [4.78, 5) is 6.32. The summed E-state index contributed by atoms with van der Waals surface area (Å²) in [6.07, 6.45) is 4.68. The summed E-state index contributed by atoms with van der Waals surface area (Å²) in [5.74, 6) is 0.879. The number of aromatic nitrogens is 1. The molecule has 2 rings (SSSR count). The highest BCUT2D eigenvalue weighted by atomic mass is 16.5. The fraction of sp³-hybridized carbons (Fsp3) is 0.353. The van der Waals surface area contributed by atoms with E-state index in [1.165, 1.54) is 5.56 Å². The number of benzene rings is 1. The van der Waals surface area contributed by atoms with E-state index in [-0.39, 0.29) is 6.04 Å². The number of anilines is 2. The van der Waals surface area contributed by atoms with Crippen LogP contribution in [0.2, 0.25) is 0 Å². The fourth-order valence-corrected chi connectivity index (χ4v) is 2.33. The number of hydrogen-bond donors (Lipinski definition) is 1. The third kappa shape index (κ3) is 3.66. The van der Waals surface area contributed by atoms with E-state index in [9.17, 15) is 0 Å². The molecule has 0 spiro atoms. The van der Waals surface area contributed by atoms with Gasteiger partial charge in [-0.25, -0.2) is 0 Å². The van der Waals surface area contributed by atoms with Crippen molar-refractivity contribution in [2.75, 3.05) is 31.4 Å². The van der Waals surface area contributed by atoms with Gasteiger partial charge in [0.05, 0.1) is 30.7 Å². The molecule has 1 heterocycles. The van der Waals surface area contributed by atoms with Gasteiger partial charge in [0.15, 0.2) is 0 Å². The first kappa shape index (κ1) is 15.2. The molecule has 0 aliphatic rings. The molecule has 0 saturated heterocycles. The van der Waals surface area contributed by atoms with Gasteiger partial charge in [-0.2, -0.15) is 0 Å². The molecule has 0 saturated carbocycles. The van der Waals surface area contributed by atoms with Crippen molar-refractivity contribution in [3.05, 3.63) is 48.3 Å². The Morgan fingerprint density at radius 2 is 1.90 bits per heavy atom. The lowest BCUT2D eigenvalue weighted by Crippen LogP contribution is -2.15. The van der Waals surface area contributed by atoms with Gasteiger partial charge in [-0.15, -0.1) is 0 Å². The molecule has 0 radical (unpaired) electrons. The maximum absolute atomic E-state index is 5.21. The largest absolute Gasteiger partial charge is 0.497 e. The zero-order valence-corrected chi connectivity index (χ0v) is 13.1. The Kier molecular flexibility index (Phi) is 5.04. The highest BCUT2D eigenvalue weighted by Crippen LogP contribution is 2.29. The second kappa shape index (κ2) is 6.97. The van der Waals surface area contributed by atoms with Gasteiger partial charge in [-0.3, -0.25) is 4.98 Å². The van der Waals surface area contributed by atoms with Crippen molar-refractivity contribution in [1.82, 2.24) is 4.98 Å². The summed E-state index contributed by atoms with van der Waals surface area (Å²) >= 11 is 0. The number of methoxy groups -OCH3 is 1. The lowest BCUT2D eigenvalue weighted by atomic mass is 10.0. The van der Waals surface area contributed by atoms with Crippen LogP contribution in [0.1, 0.15) is 24.9 Å². The summed E-state index contributed by atoms with van der Waals surface area (Å²) in [5, 5.41) is 3.59. The monoisotopic (exact) mass is 285 g/mol. The maximum atomic E-state index is 5.21. The molecule has 1 aromatic carbocycles. The van der Waals surface area contributed by atoms with Gasteiger partial charge in [-0.1, -0.05) is 19.1 Å². The summed E-state index contributed by atoms with van der Waals surface area (Å²) in [7, 11) is 5.76. The van der Waals surface area contributed by atoms with Gasteiger partial charge >= 0.3 is 0 Å². The Morgan fingerprint density at radius 3 is 2.48 bits per heavy atom. The molecule has 0 aliphatic carbocycles. The minimum atomic E-state index is 0.249. The predicted molar refractivity (Wildman–Crippen MR) is 88.2 cm³/mol. The van der Waals surface area contributed by atoms with Crippen molar-refractivity contribution >= 4 is 11.4 Å². The van der Waals surface area contributed by atoms with Crippen LogP contribution in [0.4, 0.5) is 11.4 Å². The van der Waals surface area contributed by atoms with Crippen molar-refractivity contribution in [3.8, 4) is 5.75 Å². The lowest BCUT2D eigenvalue weighted by molar-refractivity contribution is 0.414. The van der Waals surface area contributed by atoms with Gasteiger partial charge < -0.3 is 15.0 Å². The molecular formula is C17H23N3O. The third-order valence-corrected chi connectivity index (χ3v) is 3.54. The summed E-state index contributed by atoms with van der Waals surface area (Å²) in [5.41, 5.74) is 3.42. The van der Waals surface area contributed by atoms with Crippen LogP contribution < -0.4 is 15.0 Å². The number of hydrogen-bond acceptors (Lipinski definition) is 4. The molecule has 0 aliphatic heterocycles. The van der Waals surface area contributed by atoms with Crippen LogP contribution in [0.5, 0.6) is 5.75 Å². The molecule has 1 N–H and O–H groups in total. The first-order valence-electron chi connectivity index (χ1n) is 7.17. The second-order valence-corrected chi connectivity index (χ2v) is 5.17. The van der Waals surface area contributed by atoms with E-state index < -0.39 is 0 Å². The van der Waals surface area contributed by atoms with E-state index in [1.807, 2.05) is 44.7 Å². The lowest BCUT2D eigenvalue weighted by Gasteiger charge is -2.23. The highest BCUT2D eigenvalue weighted by molar-refractivity contribution is 5.68. The number of rotatable bonds is 6. The maximum Gasteiger partial charge on any atom is 0.118 e. The highest BCUT2D eigenvalue weighted by Gasteiger charge is 2.12. The fourth-order valence-electron chi connectivity index (χ4n) is 2.33. The standard InChI is InChI=1S/C17H23N3O/c1-5-15(13-6-8-14(21-4)9-7-13)19-16-12-18-11-10-17(16)20(2)3/h6-12,15,19H,5H2,1-4H3. The van der Waals surface area contributed by atoms with Crippen molar-refractivity contribution in [2.45, 2.75) is 19.4 Å². The van der Waals surface area contributed by atoms with Gasteiger partial charge in [0.25, 0.3) is 0 Å². The molecule has 4 nitrogen and oxygen atoms in total. The van der Waals surface area contributed by atoms with Gasteiger partial charge in [0.1, 0.15) is 5.75 Å². The van der Waals surface area contributed by atoms with Gasteiger partial charge in [-0.05, 0) is 30.2 Å². The molecule has 1 atom stereocenters. The van der Waals surface area contributed by atoms with Crippen LogP contribution in [0, 0.1) is 0 Å². The molecule has 0 bridgehead atoms. The molecule has 112 valence electrons. The quantitative estimate of drug-likeness (QED) is 0.877. The second-order valence-electron chi connectivity index (χ2n) is 5.17. The van der Waals surface area contributed by atoms with Crippen LogP contribution >= 0.6 is 0 Å². The number of nitrogens with one attached hydrogen (secondary N) is 1. The topological polar surface area (TPSA) is 37.4 Å². The predicted octanol–water partition coefficient (Wildman–Crippen LogP) is 3.72. The Balaban J connectivity index is 2.22. The molecule has 0 fully saturated rings. The molecule has 0 amide bonds. The van der Waals surface area contributed by atoms with E-state index in [4.69, 9.17) is 4.74 Å².